The Morgan fingerprint density at radius 1 is 1.14 bits per heavy atom. The number of methoxy groups -OCH3 is 1. The van der Waals surface area contributed by atoms with Crippen LogP contribution in [0.3, 0.4) is 0 Å². The predicted molar refractivity (Wildman–Crippen MR) is 125 cm³/mol. The number of amides is 4. The van der Waals surface area contributed by atoms with Gasteiger partial charge in [-0.3, -0.25) is 20.4 Å². The van der Waals surface area contributed by atoms with Crippen molar-refractivity contribution in [2.75, 3.05) is 13.7 Å². The molecule has 0 aliphatic carbocycles. The molecule has 0 bridgehead atoms. The van der Waals surface area contributed by atoms with Gasteiger partial charge < -0.3 is 4.74 Å². The van der Waals surface area contributed by atoms with Gasteiger partial charge in [-0.05, 0) is 61.4 Å². The van der Waals surface area contributed by atoms with E-state index in [1.54, 1.807) is 0 Å². The van der Waals surface area contributed by atoms with E-state index >= 15 is 0 Å². The van der Waals surface area contributed by atoms with Crippen LogP contribution < -0.4 is 10.8 Å². The number of hydrogen-bond donors (Lipinski definition) is 2. The highest BCUT2D eigenvalue weighted by Crippen LogP contribution is 2.48. The van der Waals surface area contributed by atoms with Crippen LogP contribution in [0.1, 0.15) is 34.0 Å². The number of benzene rings is 2. The summed E-state index contributed by atoms with van der Waals surface area (Å²) in [6.07, 6.45) is -4.97. The summed E-state index contributed by atoms with van der Waals surface area (Å²) in [7, 11) is 1.09. The second-order valence-electron chi connectivity index (χ2n) is 7.66. The molecule has 2 aromatic carbocycles. The van der Waals surface area contributed by atoms with Gasteiger partial charge in [0.15, 0.2) is 0 Å². The van der Waals surface area contributed by atoms with E-state index in [2.05, 4.69) is 15.5 Å². The predicted octanol–water partition coefficient (Wildman–Crippen LogP) is 5.57. The second-order valence-corrected chi connectivity index (χ2v) is 8.53. The molecule has 192 valence electrons. The average molecular weight is 546 g/mol. The van der Waals surface area contributed by atoms with Crippen LogP contribution in [0.2, 0.25) is 10.0 Å². The average Bonchev–Trinajstić information content (AvgIpc) is 3.25. The molecule has 2 aromatic rings. The topological polar surface area (TPSA) is 97.0 Å². The van der Waals surface area contributed by atoms with Gasteiger partial charge in [0.05, 0.1) is 12.8 Å². The van der Waals surface area contributed by atoms with Crippen LogP contribution in [0.4, 0.5) is 22.8 Å². The fraction of sp³-hybridized carbons (Fsp3) is 0.261. The first-order valence-electron chi connectivity index (χ1n) is 10.3. The van der Waals surface area contributed by atoms with Gasteiger partial charge in [-0.1, -0.05) is 29.3 Å². The molecule has 0 saturated carbocycles. The third-order valence-corrected chi connectivity index (χ3v) is 5.78. The lowest BCUT2D eigenvalue weighted by Gasteiger charge is -2.28. The summed E-state index contributed by atoms with van der Waals surface area (Å²) in [6.45, 7) is 3.01. The lowest BCUT2D eigenvalue weighted by atomic mass is 9.91. The first-order valence-corrected chi connectivity index (χ1v) is 11.1. The van der Waals surface area contributed by atoms with Crippen LogP contribution >= 0.6 is 23.2 Å². The molecule has 2 N–H and O–H groups in total. The Kier molecular flexibility index (Phi) is 7.87. The summed E-state index contributed by atoms with van der Waals surface area (Å²) in [5, 5.41) is 2.08. The molecule has 1 heterocycles. The number of nitrogens with one attached hydrogen (secondary N) is 2. The summed E-state index contributed by atoms with van der Waals surface area (Å²) >= 11 is 11.8. The molecule has 0 aromatic heterocycles. The second kappa shape index (κ2) is 10.4. The van der Waals surface area contributed by atoms with Gasteiger partial charge in [-0.25, -0.2) is 14.5 Å². The first-order chi connectivity index (χ1) is 16.8. The Hall–Kier alpha value is -3.28. The Morgan fingerprint density at radius 3 is 2.31 bits per heavy atom. The van der Waals surface area contributed by atoms with Gasteiger partial charge in [-0.15, -0.1) is 0 Å². The number of carbonyl (C=O) groups is 3. The molecule has 3 rings (SSSR count). The van der Waals surface area contributed by atoms with Crippen molar-refractivity contribution in [2.24, 2.45) is 0 Å². The minimum Gasteiger partial charge on any atom is -0.452 e. The fourth-order valence-electron chi connectivity index (χ4n) is 3.54. The molecule has 13 heteroatoms. The highest BCUT2D eigenvalue weighted by atomic mass is 35.5. The molecular weight excluding hydrogens is 526 g/mol. The molecule has 0 spiro atoms. The van der Waals surface area contributed by atoms with E-state index in [9.17, 15) is 27.6 Å². The van der Waals surface area contributed by atoms with E-state index in [1.165, 1.54) is 38.1 Å². The molecule has 4 amide bonds. The van der Waals surface area contributed by atoms with E-state index in [0.717, 1.165) is 25.3 Å². The Morgan fingerprint density at radius 2 is 1.78 bits per heavy atom. The standard InChI is InChI=1S/C23H20Cl2F3N3O5/c1-4-31(21(34)35-3)20(33)29-19(32)17-6-5-13(7-12(17)2)18-11-22(36-30-18,23(26,27)28)14-8-15(24)10-16(25)9-14/h5-11,30H,4H2,1-3H3,(H,29,32,33). The summed E-state index contributed by atoms with van der Waals surface area (Å²) in [5.74, 6) is -0.811. The van der Waals surface area contributed by atoms with E-state index in [4.69, 9.17) is 28.0 Å². The van der Waals surface area contributed by atoms with Crippen molar-refractivity contribution in [3.63, 3.8) is 0 Å². The van der Waals surface area contributed by atoms with Crippen molar-refractivity contribution in [3.8, 4) is 0 Å². The molecule has 1 atom stereocenters. The molecular formula is C23H20Cl2F3N3O5. The van der Waals surface area contributed by atoms with Crippen molar-refractivity contribution in [3.05, 3.63) is 74.8 Å². The number of aryl methyl sites for hydroxylation is 1. The molecule has 0 fully saturated rings. The van der Waals surface area contributed by atoms with E-state index in [1.807, 2.05) is 0 Å². The number of nitrogens with zero attached hydrogens (tertiary/aromatic N) is 1. The molecule has 8 nitrogen and oxygen atoms in total. The van der Waals surface area contributed by atoms with Gasteiger partial charge >= 0.3 is 18.3 Å². The first kappa shape index (κ1) is 27.3. The lowest BCUT2D eigenvalue weighted by molar-refractivity contribution is -0.269. The number of rotatable bonds is 4. The van der Waals surface area contributed by atoms with E-state index in [-0.39, 0.29) is 39.0 Å². The van der Waals surface area contributed by atoms with Crippen molar-refractivity contribution < 1.29 is 37.1 Å². The number of halogens is 5. The molecule has 36 heavy (non-hydrogen) atoms. The number of imide groups is 2. The van der Waals surface area contributed by atoms with Gasteiger partial charge in [0, 0.05) is 27.7 Å². The Balaban J connectivity index is 1.91. The van der Waals surface area contributed by atoms with E-state index in [0.29, 0.717) is 10.5 Å². The molecule has 1 unspecified atom stereocenters. The monoisotopic (exact) mass is 545 g/mol. The van der Waals surface area contributed by atoms with Crippen molar-refractivity contribution in [1.29, 1.82) is 0 Å². The smallest absolute Gasteiger partial charge is 0.428 e. The Bertz CT molecular complexity index is 1230. The third kappa shape index (κ3) is 5.28. The quantitative estimate of drug-likeness (QED) is 0.521. The summed E-state index contributed by atoms with van der Waals surface area (Å²) in [5.41, 5.74) is -0.226. The van der Waals surface area contributed by atoms with Crippen LogP contribution in [0.5, 0.6) is 0 Å². The number of alkyl halides is 3. The molecule has 1 aliphatic heterocycles. The maximum atomic E-state index is 14.2. The number of hydrogen-bond acceptors (Lipinski definition) is 6. The minimum atomic E-state index is -4.88. The van der Waals surface area contributed by atoms with Crippen molar-refractivity contribution >= 4 is 46.9 Å². The zero-order valence-corrected chi connectivity index (χ0v) is 20.6. The van der Waals surface area contributed by atoms with Crippen LogP contribution in [0, 0.1) is 6.92 Å². The number of urea groups is 1. The highest BCUT2D eigenvalue weighted by Gasteiger charge is 2.59. The number of carbonyl (C=O) groups excluding carboxylic acids is 3. The zero-order valence-electron chi connectivity index (χ0n) is 19.1. The van der Waals surface area contributed by atoms with E-state index < -0.39 is 29.8 Å². The van der Waals surface area contributed by atoms with Crippen LogP contribution in [-0.2, 0) is 15.2 Å². The normalized spacial score (nSPS) is 17.2. The fourth-order valence-corrected chi connectivity index (χ4v) is 4.06. The lowest BCUT2D eigenvalue weighted by Crippen LogP contribution is -2.46. The van der Waals surface area contributed by atoms with Gasteiger partial charge in [0.2, 0.25) is 5.60 Å². The summed E-state index contributed by atoms with van der Waals surface area (Å²) < 4.78 is 47.0. The maximum Gasteiger partial charge on any atom is 0.428 e. The van der Waals surface area contributed by atoms with Gasteiger partial charge in [0.25, 0.3) is 5.91 Å². The number of ether oxygens (including phenoxy) is 1. The summed E-state index contributed by atoms with van der Waals surface area (Å²) in [6, 6.07) is 6.67. The SMILES string of the molecule is CCN(C(=O)NC(=O)c1ccc(C2=CC(c3cc(Cl)cc(Cl)c3)(C(F)(F)F)ON2)cc1C)C(=O)OC. The third-order valence-electron chi connectivity index (χ3n) is 5.34. The van der Waals surface area contributed by atoms with Crippen molar-refractivity contribution in [2.45, 2.75) is 25.6 Å². The van der Waals surface area contributed by atoms with Gasteiger partial charge in [-0.2, -0.15) is 13.2 Å². The minimum absolute atomic E-state index is 0.00108. The summed E-state index contributed by atoms with van der Waals surface area (Å²) in [4.78, 5) is 42.2. The van der Waals surface area contributed by atoms with Crippen LogP contribution in [-0.4, -0.2) is 42.8 Å². The van der Waals surface area contributed by atoms with Crippen LogP contribution in [0.15, 0.2) is 42.5 Å². The Labute approximate surface area is 213 Å². The highest BCUT2D eigenvalue weighted by molar-refractivity contribution is 6.34. The van der Waals surface area contributed by atoms with Crippen molar-refractivity contribution in [1.82, 2.24) is 15.7 Å². The molecule has 1 aliphatic rings. The molecule has 0 saturated heterocycles. The van der Waals surface area contributed by atoms with Gasteiger partial charge in [0.1, 0.15) is 0 Å². The maximum absolute atomic E-state index is 14.2. The number of hydroxylamine groups is 1. The van der Waals surface area contributed by atoms with Crippen LogP contribution in [0.25, 0.3) is 5.70 Å². The largest absolute Gasteiger partial charge is 0.452 e. The molecule has 0 radical (unpaired) electrons. The zero-order chi connectivity index (χ0) is 26.8.